The van der Waals surface area contributed by atoms with Crippen LogP contribution in [0.3, 0.4) is 0 Å². The summed E-state index contributed by atoms with van der Waals surface area (Å²) in [5.41, 5.74) is 1.13. The lowest BCUT2D eigenvalue weighted by Crippen LogP contribution is -2.30. The quantitative estimate of drug-likeness (QED) is 0.895. The van der Waals surface area contributed by atoms with E-state index in [0.29, 0.717) is 17.3 Å². The van der Waals surface area contributed by atoms with Crippen molar-refractivity contribution in [1.82, 2.24) is 9.88 Å². The highest BCUT2D eigenvalue weighted by atomic mass is 35.5. The average molecular weight is 307 g/mol. The van der Waals surface area contributed by atoms with E-state index in [4.69, 9.17) is 16.7 Å². The lowest BCUT2D eigenvalue weighted by molar-refractivity contribution is -0.142. The summed E-state index contributed by atoms with van der Waals surface area (Å²) in [6.45, 7) is 2.50. The third-order valence-electron chi connectivity index (χ3n) is 4.07. The Morgan fingerprint density at radius 1 is 1.33 bits per heavy atom. The number of aromatic amines is 1. The lowest BCUT2D eigenvalue weighted by atomic mass is 9.99. The van der Waals surface area contributed by atoms with Crippen LogP contribution in [0.5, 0.6) is 0 Å². The Kier molecular flexibility index (Phi) is 3.37. The molecule has 1 aromatic heterocycles. The van der Waals surface area contributed by atoms with E-state index in [9.17, 15) is 9.59 Å². The molecule has 110 valence electrons. The Labute approximate surface area is 126 Å². The second-order valence-electron chi connectivity index (χ2n) is 5.49. The number of nitrogens with one attached hydrogen (secondary N) is 1. The monoisotopic (exact) mass is 306 g/mol. The van der Waals surface area contributed by atoms with Crippen molar-refractivity contribution in [2.75, 3.05) is 13.1 Å². The van der Waals surface area contributed by atoms with Crippen LogP contribution >= 0.6 is 11.6 Å². The summed E-state index contributed by atoms with van der Waals surface area (Å²) in [4.78, 5) is 28.3. The van der Waals surface area contributed by atoms with Crippen LogP contribution in [0.15, 0.2) is 24.3 Å². The fourth-order valence-electron chi connectivity index (χ4n) is 2.87. The van der Waals surface area contributed by atoms with E-state index in [1.54, 1.807) is 4.90 Å². The highest BCUT2D eigenvalue weighted by Crippen LogP contribution is 2.30. The van der Waals surface area contributed by atoms with Crippen LogP contribution in [0, 0.1) is 11.8 Å². The van der Waals surface area contributed by atoms with Crippen LogP contribution < -0.4 is 0 Å². The van der Waals surface area contributed by atoms with Crippen molar-refractivity contribution in [3.63, 3.8) is 0 Å². The van der Waals surface area contributed by atoms with Crippen molar-refractivity contribution < 1.29 is 14.7 Å². The molecule has 0 bridgehead atoms. The smallest absolute Gasteiger partial charge is 0.308 e. The van der Waals surface area contributed by atoms with Crippen molar-refractivity contribution >= 4 is 34.4 Å². The van der Waals surface area contributed by atoms with Crippen LogP contribution in [0.25, 0.3) is 10.9 Å². The summed E-state index contributed by atoms with van der Waals surface area (Å²) in [6, 6.07) is 7.42. The molecule has 6 heteroatoms. The van der Waals surface area contributed by atoms with Gasteiger partial charge in [-0.25, -0.2) is 0 Å². The molecule has 2 aromatic rings. The number of likely N-dealkylation sites (tertiary alicyclic amines) is 1. The molecule has 1 aliphatic rings. The number of aliphatic carboxylic acids is 1. The van der Waals surface area contributed by atoms with Gasteiger partial charge in [-0.05, 0) is 12.0 Å². The molecule has 1 aromatic carbocycles. The van der Waals surface area contributed by atoms with E-state index in [-0.39, 0.29) is 18.4 Å². The molecule has 1 fully saturated rings. The molecule has 1 saturated heterocycles. The predicted molar refractivity (Wildman–Crippen MR) is 79.5 cm³/mol. The van der Waals surface area contributed by atoms with E-state index >= 15 is 0 Å². The molecule has 2 heterocycles. The zero-order valence-electron chi connectivity index (χ0n) is 11.5. The summed E-state index contributed by atoms with van der Waals surface area (Å²) in [6.07, 6.45) is 0. The van der Waals surface area contributed by atoms with E-state index in [2.05, 4.69) is 4.98 Å². The number of rotatable bonds is 2. The van der Waals surface area contributed by atoms with Gasteiger partial charge in [-0.2, -0.15) is 0 Å². The number of aromatic nitrogens is 1. The largest absolute Gasteiger partial charge is 0.481 e. The molecular formula is C15H15ClN2O3. The second kappa shape index (κ2) is 5.07. The zero-order valence-corrected chi connectivity index (χ0v) is 12.2. The molecule has 0 saturated carbocycles. The third kappa shape index (κ3) is 2.27. The Hall–Kier alpha value is -2.01. The van der Waals surface area contributed by atoms with Gasteiger partial charge < -0.3 is 15.0 Å². The van der Waals surface area contributed by atoms with Crippen molar-refractivity contribution in [2.45, 2.75) is 6.92 Å². The van der Waals surface area contributed by atoms with E-state index in [0.717, 1.165) is 10.9 Å². The van der Waals surface area contributed by atoms with Gasteiger partial charge in [0.25, 0.3) is 5.91 Å². The lowest BCUT2D eigenvalue weighted by Gasteiger charge is -2.15. The number of carboxylic acid groups (broad SMARTS) is 1. The van der Waals surface area contributed by atoms with Gasteiger partial charge >= 0.3 is 5.97 Å². The van der Waals surface area contributed by atoms with Crippen LogP contribution in [0.2, 0.25) is 5.02 Å². The summed E-state index contributed by atoms with van der Waals surface area (Å²) in [5.74, 6) is -1.68. The molecule has 1 aliphatic heterocycles. The Morgan fingerprint density at radius 3 is 2.67 bits per heavy atom. The molecule has 0 aliphatic carbocycles. The number of benzene rings is 1. The highest BCUT2D eigenvalue weighted by molar-refractivity contribution is 6.38. The molecule has 2 N–H and O–H groups in total. The van der Waals surface area contributed by atoms with Gasteiger partial charge in [0.05, 0.1) is 10.9 Å². The zero-order chi connectivity index (χ0) is 15.1. The van der Waals surface area contributed by atoms with Gasteiger partial charge in [0.1, 0.15) is 5.69 Å². The van der Waals surface area contributed by atoms with Gasteiger partial charge in [0.2, 0.25) is 0 Å². The molecule has 2 atom stereocenters. The van der Waals surface area contributed by atoms with Gasteiger partial charge in [-0.1, -0.05) is 36.7 Å². The number of carbonyl (C=O) groups is 2. The Bertz CT molecular complexity index is 725. The minimum absolute atomic E-state index is 0.0606. The minimum Gasteiger partial charge on any atom is -0.481 e. The molecule has 0 unspecified atom stereocenters. The first-order valence-electron chi connectivity index (χ1n) is 6.77. The number of halogens is 1. The molecular weight excluding hydrogens is 292 g/mol. The number of carboxylic acids is 1. The van der Waals surface area contributed by atoms with Crippen LogP contribution in [0.1, 0.15) is 17.4 Å². The van der Waals surface area contributed by atoms with E-state index in [1.807, 2.05) is 31.2 Å². The van der Waals surface area contributed by atoms with E-state index in [1.165, 1.54) is 0 Å². The Balaban J connectivity index is 1.91. The SMILES string of the molecule is C[C@@H]1CN(C(=O)c2[nH]c3ccccc3c2Cl)C[C@H]1C(=O)O. The maximum absolute atomic E-state index is 12.6. The maximum atomic E-state index is 12.6. The molecule has 0 radical (unpaired) electrons. The normalized spacial score (nSPS) is 21.9. The first-order chi connectivity index (χ1) is 9.99. The summed E-state index contributed by atoms with van der Waals surface area (Å²) in [7, 11) is 0. The highest BCUT2D eigenvalue weighted by Gasteiger charge is 2.38. The van der Waals surface area contributed by atoms with Crippen molar-refractivity contribution in [2.24, 2.45) is 11.8 Å². The van der Waals surface area contributed by atoms with Crippen molar-refractivity contribution in [3.05, 3.63) is 35.0 Å². The predicted octanol–water partition coefficient (Wildman–Crippen LogP) is 2.61. The third-order valence-corrected chi connectivity index (χ3v) is 4.47. The van der Waals surface area contributed by atoms with Crippen LogP contribution in [0.4, 0.5) is 0 Å². The molecule has 1 amide bonds. The first-order valence-corrected chi connectivity index (χ1v) is 7.15. The fraction of sp³-hybridized carbons (Fsp3) is 0.333. The van der Waals surface area contributed by atoms with E-state index < -0.39 is 11.9 Å². The standard InChI is InChI=1S/C15H15ClN2O3/c1-8-6-18(7-10(8)15(20)21)14(19)13-12(16)9-4-2-3-5-11(9)17-13/h2-5,8,10,17H,6-7H2,1H3,(H,20,21)/t8-,10-/m1/s1. The topological polar surface area (TPSA) is 73.4 Å². The first kappa shape index (κ1) is 13.9. The van der Waals surface area contributed by atoms with Gasteiger partial charge in [0, 0.05) is 24.0 Å². The number of hydrogen-bond acceptors (Lipinski definition) is 2. The summed E-state index contributed by atoms with van der Waals surface area (Å²) < 4.78 is 0. The van der Waals surface area contributed by atoms with Crippen LogP contribution in [-0.4, -0.2) is 40.0 Å². The minimum atomic E-state index is -0.861. The molecule has 21 heavy (non-hydrogen) atoms. The second-order valence-corrected chi connectivity index (χ2v) is 5.87. The number of para-hydroxylation sites is 1. The summed E-state index contributed by atoms with van der Waals surface area (Å²) >= 11 is 6.27. The van der Waals surface area contributed by atoms with Crippen LogP contribution in [-0.2, 0) is 4.79 Å². The number of H-pyrrole nitrogens is 1. The Morgan fingerprint density at radius 2 is 2.05 bits per heavy atom. The van der Waals surface area contributed by atoms with Gasteiger partial charge in [-0.3, -0.25) is 9.59 Å². The molecule has 3 rings (SSSR count). The summed E-state index contributed by atoms with van der Waals surface area (Å²) in [5, 5.41) is 10.3. The number of amides is 1. The van der Waals surface area contributed by atoms with Crippen molar-refractivity contribution in [3.8, 4) is 0 Å². The number of nitrogens with zero attached hydrogens (tertiary/aromatic N) is 1. The van der Waals surface area contributed by atoms with Gasteiger partial charge in [-0.15, -0.1) is 0 Å². The number of carbonyl (C=O) groups excluding carboxylic acids is 1. The molecule has 5 nitrogen and oxygen atoms in total. The fourth-order valence-corrected chi connectivity index (χ4v) is 3.16. The average Bonchev–Trinajstić information content (AvgIpc) is 3.00. The van der Waals surface area contributed by atoms with Crippen molar-refractivity contribution in [1.29, 1.82) is 0 Å². The number of fused-ring (bicyclic) bond motifs is 1. The van der Waals surface area contributed by atoms with Gasteiger partial charge in [0.15, 0.2) is 0 Å². The maximum Gasteiger partial charge on any atom is 0.308 e. The molecule has 0 spiro atoms. The number of hydrogen-bond donors (Lipinski definition) is 2.